The number of nitrogens with two attached hydrogens (primary N) is 1. The lowest BCUT2D eigenvalue weighted by molar-refractivity contribution is 0.00528. The lowest BCUT2D eigenvalue weighted by atomic mass is 10.2. The van der Waals surface area contributed by atoms with E-state index in [0.29, 0.717) is 32.3 Å². The van der Waals surface area contributed by atoms with Crippen LogP contribution in [0.1, 0.15) is 25.3 Å². The first-order valence-electron chi connectivity index (χ1n) is 9.31. The summed E-state index contributed by atoms with van der Waals surface area (Å²) in [7, 11) is -3.53. The number of ether oxygens (including phenoxy) is 2. The largest absolute Gasteiger partial charge is 0.377 e. The number of benzene rings is 1. The number of guanidine groups is 1. The molecule has 1 aromatic carbocycles. The zero-order valence-corrected chi connectivity index (χ0v) is 16.5. The molecule has 0 radical (unpaired) electrons. The Kier molecular flexibility index (Phi) is 6.69. The highest BCUT2D eigenvalue weighted by Crippen LogP contribution is 2.14. The van der Waals surface area contributed by atoms with Crippen LogP contribution in [0.15, 0.2) is 34.2 Å². The van der Waals surface area contributed by atoms with Crippen LogP contribution in [0.3, 0.4) is 0 Å². The summed E-state index contributed by atoms with van der Waals surface area (Å²) >= 11 is 0. The highest BCUT2D eigenvalue weighted by Gasteiger charge is 2.20. The van der Waals surface area contributed by atoms with Gasteiger partial charge in [-0.05, 0) is 37.5 Å². The van der Waals surface area contributed by atoms with Crippen LogP contribution in [-0.4, -0.2) is 64.3 Å². The Hall–Kier alpha value is -1.68. The minimum Gasteiger partial charge on any atom is -0.377 e. The van der Waals surface area contributed by atoms with E-state index in [1.807, 2.05) is 11.8 Å². The molecule has 0 aromatic heterocycles. The Morgan fingerprint density at radius 3 is 2.74 bits per heavy atom. The van der Waals surface area contributed by atoms with Gasteiger partial charge in [0.05, 0.1) is 30.3 Å². The average Bonchev–Trinajstić information content (AvgIpc) is 3.19. The van der Waals surface area contributed by atoms with Gasteiger partial charge in [-0.25, -0.2) is 18.1 Å². The van der Waals surface area contributed by atoms with E-state index in [2.05, 4.69) is 9.71 Å². The highest BCUT2D eigenvalue weighted by molar-refractivity contribution is 7.89. The fraction of sp³-hybridized carbons (Fsp3) is 0.611. The summed E-state index contributed by atoms with van der Waals surface area (Å²) in [5, 5.41) is 0. The number of nitrogens with zero attached hydrogens (tertiary/aromatic N) is 2. The van der Waals surface area contributed by atoms with Crippen LogP contribution in [0, 0.1) is 0 Å². The van der Waals surface area contributed by atoms with Crippen molar-refractivity contribution in [3.63, 3.8) is 0 Å². The molecule has 2 fully saturated rings. The van der Waals surface area contributed by atoms with E-state index in [1.165, 1.54) is 0 Å². The first-order chi connectivity index (χ1) is 12.9. The van der Waals surface area contributed by atoms with Gasteiger partial charge in [0.1, 0.15) is 0 Å². The molecule has 2 heterocycles. The van der Waals surface area contributed by atoms with Crippen LogP contribution in [0.5, 0.6) is 0 Å². The molecule has 9 heteroatoms. The first kappa shape index (κ1) is 20.1. The minimum absolute atomic E-state index is 0.0285. The van der Waals surface area contributed by atoms with E-state index in [1.54, 1.807) is 24.3 Å². The van der Waals surface area contributed by atoms with Crippen LogP contribution >= 0.6 is 0 Å². The van der Waals surface area contributed by atoms with Gasteiger partial charge in [-0.3, -0.25) is 0 Å². The standard InChI is InChI=1S/C18H28N4O4S/c1-14-13-22(8-10-25-14)18(19)20-11-15-4-6-17(7-5-15)27(23,24)21-12-16-3-2-9-26-16/h4-7,14,16,21H,2-3,8-13H2,1H3,(H2,19,20). The predicted molar refractivity (Wildman–Crippen MR) is 103 cm³/mol. The summed E-state index contributed by atoms with van der Waals surface area (Å²) in [6.45, 7) is 5.52. The van der Waals surface area contributed by atoms with E-state index in [-0.39, 0.29) is 17.1 Å². The summed E-state index contributed by atoms with van der Waals surface area (Å²) in [5.41, 5.74) is 6.96. The maximum atomic E-state index is 12.4. The third kappa shape index (κ3) is 5.65. The van der Waals surface area contributed by atoms with Crippen molar-refractivity contribution in [2.45, 2.75) is 43.4 Å². The normalized spacial score (nSPS) is 24.3. The molecule has 3 rings (SSSR count). The van der Waals surface area contributed by atoms with Crippen LogP contribution in [-0.2, 0) is 26.0 Å². The Balaban J connectivity index is 1.55. The van der Waals surface area contributed by atoms with Crippen molar-refractivity contribution in [1.29, 1.82) is 0 Å². The zero-order valence-electron chi connectivity index (χ0n) is 15.6. The van der Waals surface area contributed by atoms with Gasteiger partial charge in [0.15, 0.2) is 5.96 Å². The second-order valence-corrected chi connectivity index (χ2v) is 8.70. The molecule has 2 aliphatic rings. The number of aliphatic imine (C=N–C) groups is 1. The van der Waals surface area contributed by atoms with Crippen LogP contribution < -0.4 is 10.5 Å². The van der Waals surface area contributed by atoms with Crippen molar-refractivity contribution in [3.05, 3.63) is 29.8 Å². The zero-order chi connectivity index (χ0) is 19.3. The molecule has 2 aliphatic heterocycles. The molecule has 0 spiro atoms. The van der Waals surface area contributed by atoms with Gasteiger partial charge in [-0.15, -0.1) is 0 Å². The summed E-state index contributed by atoms with van der Waals surface area (Å²) in [6.07, 6.45) is 1.98. The van der Waals surface area contributed by atoms with Gasteiger partial charge in [-0.2, -0.15) is 0 Å². The van der Waals surface area contributed by atoms with Crippen LogP contribution in [0.2, 0.25) is 0 Å². The number of morpholine rings is 1. The van der Waals surface area contributed by atoms with Gasteiger partial charge in [0.25, 0.3) is 0 Å². The summed E-state index contributed by atoms with van der Waals surface area (Å²) < 4.78 is 38.3. The van der Waals surface area contributed by atoms with Crippen molar-refractivity contribution < 1.29 is 17.9 Å². The molecule has 1 aromatic rings. The highest BCUT2D eigenvalue weighted by atomic mass is 32.2. The predicted octanol–water partition coefficient (Wildman–Crippen LogP) is 0.679. The van der Waals surface area contributed by atoms with Crippen LogP contribution in [0.25, 0.3) is 0 Å². The Labute approximate surface area is 160 Å². The van der Waals surface area contributed by atoms with E-state index >= 15 is 0 Å². The molecule has 2 unspecified atom stereocenters. The number of hydrogen-bond donors (Lipinski definition) is 2. The van der Waals surface area contributed by atoms with E-state index in [0.717, 1.165) is 31.5 Å². The first-order valence-corrected chi connectivity index (χ1v) is 10.8. The molecule has 0 aliphatic carbocycles. The maximum Gasteiger partial charge on any atom is 0.240 e. The van der Waals surface area contributed by atoms with Gasteiger partial charge < -0.3 is 20.1 Å². The smallest absolute Gasteiger partial charge is 0.240 e. The molecule has 8 nitrogen and oxygen atoms in total. The SMILES string of the molecule is CC1CN(C(N)=NCc2ccc(S(=O)(=O)NCC3CCCO3)cc2)CCO1. The number of hydrogen-bond acceptors (Lipinski definition) is 5. The second kappa shape index (κ2) is 9.01. The molecule has 27 heavy (non-hydrogen) atoms. The number of nitrogens with one attached hydrogen (secondary N) is 1. The second-order valence-electron chi connectivity index (χ2n) is 6.93. The lowest BCUT2D eigenvalue weighted by Crippen LogP contribution is -2.47. The van der Waals surface area contributed by atoms with Crippen molar-refractivity contribution in [2.24, 2.45) is 10.7 Å². The molecular formula is C18H28N4O4S. The van der Waals surface area contributed by atoms with Crippen molar-refractivity contribution in [3.8, 4) is 0 Å². The lowest BCUT2D eigenvalue weighted by Gasteiger charge is -2.31. The Morgan fingerprint density at radius 2 is 2.07 bits per heavy atom. The Morgan fingerprint density at radius 1 is 1.30 bits per heavy atom. The summed E-state index contributed by atoms with van der Waals surface area (Å²) in [5.74, 6) is 0.486. The Bertz CT molecular complexity index is 745. The molecule has 0 amide bonds. The molecule has 0 bridgehead atoms. The topological polar surface area (TPSA) is 106 Å². The van der Waals surface area contributed by atoms with Crippen molar-refractivity contribution in [2.75, 3.05) is 32.8 Å². The summed E-state index contributed by atoms with van der Waals surface area (Å²) in [4.78, 5) is 6.66. The molecule has 3 N–H and O–H groups in total. The molecular weight excluding hydrogens is 368 g/mol. The third-order valence-electron chi connectivity index (χ3n) is 4.75. The van der Waals surface area contributed by atoms with Crippen molar-refractivity contribution in [1.82, 2.24) is 9.62 Å². The monoisotopic (exact) mass is 396 g/mol. The van der Waals surface area contributed by atoms with E-state index in [9.17, 15) is 8.42 Å². The van der Waals surface area contributed by atoms with E-state index < -0.39 is 10.0 Å². The van der Waals surface area contributed by atoms with Gasteiger partial charge in [0.2, 0.25) is 10.0 Å². The summed E-state index contributed by atoms with van der Waals surface area (Å²) in [6, 6.07) is 6.71. The molecule has 2 saturated heterocycles. The fourth-order valence-electron chi connectivity index (χ4n) is 3.16. The quantitative estimate of drug-likeness (QED) is 0.541. The molecule has 2 atom stereocenters. The molecule has 0 saturated carbocycles. The minimum atomic E-state index is -3.53. The number of rotatable bonds is 6. The average molecular weight is 397 g/mol. The fourth-order valence-corrected chi connectivity index (χ4v) is 4.23. The van der Waals surface area contributed by atoms with E-state index in [4.69, 9.17) is 15.2 Å². The third-order valence-corrected chi connectivity index (χ3v) is 6.19. The van der Waals surface area contributed by atoms with Crippen LogP contribution in [0.4, 0.5) is 0 Å². The van der Waals surface area contributed by atoms with Gasteiger partial charge >= 0.3 is 0 Å². The maximum absolute atomic E-state index is 12.4. The van der Waals surface area contributed by atoms with Crippen molar-refractivity contribution >= 4 is 16.0 Å². The number of sulfonamides is 1. The van der Waals surface area contributed by atoms with Gasteiger partial charge in [0, 0.05) is 26.2 Å². The molecule has 150 valence electrons. The van der Waals surface area contributed by atoms with Gasteiger partial charge in [-0.1, -0.05) is 12.1 Å².